The first kappa shape index (κ1) is 23.8. The van der Waals surface area contributed by atoms with Crippen molar-refractivity contribution in [3.63, 3.8) is 0 Å². The van der Waals surface area contributed by atoms with Crippen LogP contribution >= 0.6 is 0 Å². The summed E-state index contributed by atoms with van der Waals surface area (Å²) in [6.07, 6.45) is -4.48. The number of hydrogen-bond donors (Lipinski definition) is 0. The maximum Gasteiger partial charge on any atom is 0.416 e. The second kappa shape index (κ2) is 8.79. The fraction of sp³-hybridized carbons (Fsp3) is 0.304. The number of alkyl halides is 3. The summed E-state index contributed by atoms with van der Waals surface area (Å²) in [7, 11) is -2.53. The minimum absolute atomic E-state index is 0.00113. The smallest absolute Gasteiger partial charge is 0.416 e. The Kier molecular flexibility index (Phi) is 6.15. The summed E-state index contributed by atoms with van der Waals surface area (Å²) in [6.45, 7) is 1.69. The first-order valence-electron chi connectivity index (χ1n) is 10.4. The van der Waals surface area contributed by atoms with Gasteiger partial charge >= 0.3 is 12.1 Å². The number of sulfone groups is 1. The minimum atomic E-state index is -4.48. The molecule has 0 saturated carbocycles. The summed E-state index contributed by atoms with van der Waals surface area (Å²) in [5, 5.41) is 3.48. The third kappa shape index (κ3) is 4.39. The SMILES string of the molecule is COC(=O)[C@@H]1C[C@@H](S(=O)(=O)c2ccccc2)CN1c1cc(C)nn1-c1ccc(C(F)(F)F)cc1. The van der Waals surface area contributed by atoms with Gasteiger partial charge in [-0.3, -0.25) is 0 Å². The molecule has 180 valence electrons. The van der Waals surface area contributed by atoms with Gasteiger partial charge in [0.2, 0.25) is 0 Å². The first-order chi connectivity index (χ1) is 16.0. The number of carbonyl (C=O) groups excluding carboxylic acids is 1. The van der Waals surface area contributed by atoms with Gasteiger partial charge in [0.05, 0.1) is 34.2 Å². The summed E-state index contributed by atoms with van der Waals surface area (Å²) in [5.74, 6) is -0.220. The molecular weight excluding hydrogens is 471 g/mol. The minimum Gasteiger partial charge on any atom is -0.467 e. The van der Waals surface area contributed by atoms with Crippen molar-refractivity contribution >= 4 is 21.6 Å². The first-order valence-corrected chi connectivity index (χ1v) is 11.9. The van der Waals surface area contributed by atoms with E-state index < -0.39 is 38.8 Å². The third-order valence-electron chi connectivity index (χ3n) is 5.79. The van der Waals surface area contributed by atoms with Crippen molar-refractivity contribution in [2.24, 2.45) is 0 Å². The van der Waals surface area contributed by atoms with E-state index in [2.05, 4.69) is 5.10 Å². The lowest BCUT2D eigenvalue weighted by Gasteiger charge is -2.25. The number of rotatable bonds is 5. The fourth-order valence-electron chi connectivity index (χ4n) is 4.11. The average Bonchev–Trinajstić information content (AvgIpc) is 3.43. The Hall–Kier alpha value is -3.34. The number of hydrogen-bond acceptors (Lipinski definition) is 6. The molecule has 0 bridgehead atoms. The Labute approximate surface area is 194 Å². The van der Waals surface area contributed by atoms with Crippen LogP contribution in [0.4, 0.5) is 19.0 Å². The number of aromatic nitrogens is 2. The van der Waals surface area contributed by atoms with Crippen molar-refractivity contribution in [2.45, 2.75) is 35.7 Å². The molecule has 0 unspecified atom stereocenters. The van der Waals surface area contributed by atoms with Crippen LogP contribution in [0.5, 0.6) is 0 Å². The summed E-state index contributed by atoms with van der Waals surface area (Å²) >= 11 is 0. The lowest BCUT2D eigenvalue weighted by molar-refractivity contribution is -0.142. The number of aryl methyl sites for hydroxylation is 1. The molecule has 1 aliphatic rings. The van der Waals surface area contributed by atoms with Gasteiger partial charge in [-0.1, -0.05) is 18.2 Å². The number of methoxy groups -OCH3 is 1. The van der Waals surface area contributed by atoms with E-state index in [4.69, 9.17) is 4.74 Å². The van der Waals surface area contributed by atoms with Crippen molar-refractivity contribution in [1.82, 2.24) is 9.78 Å². The molecule has 4 rings (SSSR count). The molecule has 1 saturated heterocycles. The van der Waals surface area contributed by atoms with Crippen LogP contribution in [0, 0.1) is 6.92 Å². The van der Waals surface area contributed by atoms with Gasteiger partial charge in [0, 0.05) is 12.6 Å². The van der Waals surface area contributed by atoms with Gasteiger partial charge < -0.3 is 9.64 Å². The highest BCUT2D eigenvalue weighted by molar-refractivity contribution is 7.92. The van der Waals surface area contributed by atoms with E-state index in [9.17, 15) is 26.4 Å². The predicted octanol–water partition coefficient (Wildman–Crippen LogP) is 3.79. The van der Waals surface area contributed by atoms with Gasteiger partial charge in [0.25, 0.3) is 0 Å². The zero-order valence-corrected chi connectivity index (χ0v) is 19.2. The highest BCUT2D eigenvalue weighted by Gasteiger charge is 2.45. The lowest BCUT2D eigenvalue weighted by Crippen LogP contribution is -2.38. The van der Waals surface area contributed by atoms with E-state index in [1.165, 1.54) is 36.1 Å². The van der Waals surface area contributed by atoms with Gasteiger partial charge in [-0.2, -0.15) is 18.3 Å². The van der Waals surface area contributed by atoms with Gasteiger partial charge in [-0.25, -0.2) is 17.9 Å². The van der Waals surface area contributed by atoms with E-state index in [1.54, 1.807) is 36.1 Å². The number of anilines is 1. The highest BCUT2D eigenvalue weighted by atomic mass is 32.2. The maximum absolute atomic E-state index is 13.3. The van der Waals surface area contributed by atoms with Crippen LogP contribution < -0.4 is 4.90 Å². The molecule has 0 amide bonds. The van der Waals surface area contributed by atoms with Crippen LogP contribution in [-0.4, -0.2) is 49.1 Å². The van der Waals surface area contributed by atoms with E-state index in [1.807, 2.05) is 0 Å². The molecule has 7 nitrogen and oxygen atoms in total. The average molecular weight is 494 g/mol. The summed E-state index contributed by atoms with van der Waals surface area (Å²) in [4.78, 5) is 14.3. The van der Waals surface area contributed by atoms with Crippen LogP contribution in [0.15, 0.2) is 65.6 Å². The number of benzene rings is 2. The van der Waals surface area contributed by atoms with Crippen LogP contribution in [0.3, 0.4) is 0 Å². The largest absolute Gasteiger partial charge is 0.467 e. The summed E-state index contributed by atoms with van der Waals surface area (Å²) in [6, 6.07) is 13.2. The fourth-order valence-corrected chi connectivity index (χ4v) is 5.82. The Morgan fingerprint density at radius 2 is 1.74 bits per heavy atom. The molecule has 2 atom stereocenters. The van der Waals surface area contributed by atoms with E-state index in [-0.39, 0.29) is 17.9 Å². The van der Waals surface area contributed by atoms with E-state index in [0.717, 1.165) is 12.1 Å². The molecule has 2 aromatic carbocycles. The quantitative estimate of drug-likeness (QED) is 0.503. The molecule has 2 heterocycles. The summed E-state index contributed by atoms with van der Waals surface area (Å²) in [5.41, 5.74) is 0.0891. The Morgan fingerprint density at radius 3 is 2.32 bits per heavy atom. The predicted molar refractivity (Wildman–Crippen MR) is 118 cm³/mol. The molecular formula is C23H22F3N3O4S. The standard InChI is InChI=1S/C23H22F3N3O4S/c1-15-12-21(29(27-15)17-10-8-16(9-11-17)23(24,25)26)28-14-19(13-20(28)22(30)33-2)34(31,32)18-6-4-3-5-7-18/h3-12,19-20H,13-14H2,1-2H3/t19-,20+/m1/s1. The van der Waals surface area contributed by atoms with Gasteiger partial charge in [-0.05, 0) is 49.7 Å². The second-order valence-electron chi connectivity index (χ2n) is 8.01. The van der Waals surface area contributed by atoms with Crippen molar-refractivity contribution in [3.05, 3.63) is 71.9 Å². The zero-order chi connectivity index (χ0) is 24.7. The molecule has 0 spiro atoms. The normalized spacial score (nSPS) is 18.8. The second-order valence-corrected chi connectivity index (χ2v) is 10.2. The number of ether oxygens (including phenoxy) is 1. The van der Waals surface area contributed by atoms with Crippen LogP contribution in [0.2, 0.25) is 0 Å². The molecule has 3 aromatic rings. The lowest BCUT2D eigenvalue weighted by atomic mass is 10.2. The molecule has 0 aliphatic carbocycles. The van der Waals surface area contributed by atoms with Gasteiger partial charge in [0.1, 0.15) is 11.9 Å². The van der Waals surface area contributed by atoms with Crippen LogP contribution in [-0.2, 0) is 25.5 Å². The number of halogens is 3. The number of nitrogens with zero attached hydrogens (tertiary/aromatic N) is 3. The van der Waals surface area contributed by atoms with Crippen molar-refractivity contribution in [3.8, 4) is 5.69 Å². The number of carbonyl (C=O) groups is 1. The molecule has 0 radical (unpaired) electrons. The monoisotopic (exact) mass is 493 g/mol. The topological polar surface area (TPSA) is 81.5 Å². The Morgan fingerprint density at radius 1 is 1.09 bits per heavy atom. The molecule has 1 aromatic heterocycles. The van der Waals surface area contributed by atoms with Crippen molar-refractivity contribution in [1.29, 1.82) is 0 Å². The van der Waals surface area contributed by atoms with Crippen molar-refractivity contribution < 1.29 is 31.1 Å². The molecule has 34 heavy (non-hydrogen) atoms. The molecule has 11 heteroatoms. The number of esters is 1. The van der Waals surface area contributed by atoms with Gasteiger partial charge in [-0.15, -0.1) is 0 Å². The Balaban J connectivity index is 1.74. The van der Waals surface area contributed by atoms with E-state index in [0.29, 0.717) is 17.2 Å². The Bertz CT molecular complexity index is 1290. The van der Waals surface area contributed by atoms with Crippen LogP contribution in [0.1, 0.15) is 17.7 Å². The van der Waals surface area contributed by atoms with Gasteiger partial charge in [0.15, 0.2) is 9.84 Å². The van der Waals surface area contributed by atoms with E-state index >= 15 is 0 Å². The maximum atomic E-state index is 13.3. The zero-order valence-electron chi connectivity index (χ0n) is 18.4. The van der Waals surface area contributed by atoms with Crippen molar-refractivity contribution in [2.75, 3.05) is 18.6 Å². The highest BCUT2D eigenvalue weighted by Crippen LogP contribution is 2.35. The third-order valence-corrected chi connectivity index (χ3v) is 7.94. The summed E-state index contributed by atoms with van der Waals surface area (Å²) < 4.78 is 71.8. The molecule has 1 fully saturated rings. The molecule has 1 aliphatic heterocycles. The van der Waals surface area contributed by atoms with Crippen LogP contribution in [0.25, 0.3) is 5.69 Å². The molecule has 0 N–H and O–H groups in total.